The van der Waals surface area contributed by atoms with Crippen LogP contribution in [0.25, 0.3) is 111 Å². The van der Waals surface area contributed by atoms with Crippen molar-refractivity contribution < 1.29 is 4.42 Å². The molecular weight excluding hydrogens is 699 g/mol. The summed E-state index contributed by atoms with van der Waals surface area (Å²) in [6, 6.07) is 65.3. The molecule has 6 nitrogen and oxygen atoms in total. The van der Waals surface area contributed by atoms with Gasteiger partial charge in [-0.2, -0.15) is 0 Å². The predicted molar refractivity (Wildman–Crippen MR) is 232 cm³/mol. The van der Waals surface area contributed by atoms with Crippen molar-refractivity contribution in [3.05, 3.63) is 188 Å². The molecule has 266 valence electrons. The third kappa shape index (κ3) is 4.74. The number of hydrogen-bond acceptors (Lipinski definition) is 4. The Labute approximate surface area is 326 Å². The molecule has 57 heavy (non-hydrogen) atoms. The SMILES string of the molecule is c1ccc(-c2nc(-c3ccccc3)nc(-c3ccc(-n4c5ccccc5c5c6oc7ccccc7c6c6c7ccccc7n(-c7ccccc7)c6c54)cc3)n2)cc1. The number of furan rings is 1. The minimum absolute atomic E-state index is 0.618. The molecule has 0 spiro atoms. The average Bonchev–Trinajstić information content (AvgIpc) is 3.95. The van der Waals surface area contributed by atoms with Crippen molar-refractivity contribution in [3.8, 4) is 45.5 Å². The van der Waals surface area contributed by atoms with Gasteiger partial charge in [-0.15, -0.1) is 0 Å². The van der Waals surface area contributed by atoms with Gasteiger partial charge >= 0.3 is 0 Å². The molecule has 12 rings (SSSR count). The van der Waals surface area contributed by atoms with E-state index < -0.39 is 0 Å². The van der Waals surface area contributed by atoms with Crippen LogP contribution in [-0.4, -0.2) is 24.1 Å². The molecule has 0 saturated heterocycles. The Hall–Kier alpha value is -7.83. The lowest BCUT2D eigenvalue weighted by molar-refractivity contribution is 0.673. The summed E-state index contributed by atoms with van der Waals surface area (Å²) in [7, 11) is 0. The molecule has 0 bridgehead atoms. The van der Waals surface area contributed by atoms with Gasteiger partial charge in [-0.25, -0.2) is 15.0 Å². The highest BCUT2D eigenvalue weighted by Gasteiger charge is 2.27. The van der Waals surface area contributed by atoms with E-state index in [4.69, 9.17) is 19.4 Å². The Kier molecular flexibility index (Phi) is 6.83. The molecule has 0 atom stereocenters. The van der Waals surface area contributed by atoms with Gasteiger partial charge in [0.15, 0.2) is 17.5 Å². The van der Waals surface area contributed by atoms with Gasteiger partial charge in [0.2, 0.25) is 0 Å². The molecule has 0 saturated carbocycles. The number of rotatable bonds is 5. The summed E-state index contributed by atoms with van der Waals surface area (Å²) in [5, 5.41) is 6.82. The Morgan fingerprint density at radius 1 is 0.333 bits per heavy atom. The van der Waals surface area contributed by atoms with E-state index in [2.05, 4.69) is 137 Å². The molecule has 12 aromatic rings. The number of nitrogens with zero attached hydrogens (tertiary/aromatic N) is 5. The van der Waals surface area contributed by atoms with E-state index in [9.17, 15) is 0 Å². The van der Waals surface area contributed by atoms with Crippen LogP contribution in [0.3, 0.4) is 0 Å². The van der Waals surface area contributed by atoms with Gasteiger partial charge in [0.1, 0.15) is 11.2 Å². The first-order valence-electron chi connectivity index (χ1n) is 19.1. The van der Waals surface area contributed by atoms with Crippen LogP contribution in [0, 0.1) is 0 Å². The van der Waals surface area contributed by atoms with Crippen LogP contribution in [0.1, 0.15) is 0 Å². The predicted octanol–water partition coefficient (Wildman–Crippen LogP) is 13.0. The van der Waals surface area contributed by atoms with Gasteiger partial charge in [0, 0.05) is 55.0 Å². The quantitative estimate of drug-likeness (QED) is 0.177. The summed E-state index contributed by atoms with van der Waals surface area (Å²) >= 11 is 0. The number of benzene rings is 8. The van der Waals surface area contributed by atoms with Crippen LogP contribution in [0.4, 0.5) is 0 Å². The fourth-order valence-electron chi connectivity index (χ4n) is 8.69. The third-order valence-electron chi connectivity index (χ3n) is 11.1. The van der Waals surface area contributed by atoms with Crippen molar-refractivity contribution in [1.29, 1.82) is 0 Å². The molecule has 0 radical (unpaired) electrons. The molecule has 4 aromatic heterocycles. The lowest BCUT2D eigenvalue weighted by Crippen LogP contribution is -2.01. The number of fused-ring (bicyclic) bond motifs is 12. The topological polar surface area (TPSA) is 61.7 Å². The van der Waals surface area contributed by atoms with Crippen molar-refractivity contribution in [3.63, 3.8) is 0 Å². The standard InChI is InChI=1S/C51H31N5O/c1-4-16-32(17-5-1)49-52-50(33-18-6-2-7-19-33)54-51(53-49)34-28-30-36(31-29-34)56-41-26-14-11-23-38(41)45-47(56)46-43(44-39-24-12-15-27-42(39)57-48(44)45)37-22-10-13-25-40(37)55(46)35-20-8-3-9-21-35/h1-31H. The Balaban J connectivity index is 1.17. The molecule has 4 heterocycles. The highest BCUT2D eigenvalue weighted by Crippen LogP contribution is 2.49. The van der Waals surface area contributed by atoms with Crippen LogP contribution in [0.5, 0.6) is 0 Å². The van der Waals surface area contributed by atoms with Crippen molar-refractivity contribution >= 4 is 65.6 Å². The molecule has 0 N–H and O–H groups in total. The van der Waals surface area contributed by atoms with Crippen molar-refractivity contribution in [1.82, 2.24) is 24.1 Å². The minimum Gasteiger partial charge on any atom is -0.455 e. The van der Waals surface area contributed by atoms with E-state index in [0.717, 1.165) is 82.8 Å². The van der Waals surface area contributed by atoms with Gasteiger partial charge in [-0.3, -0.25) is 0 Å². The third-order valence-corrected chi connectivity index (χ3v) is 11.1. The number of para-hydroxylation sites is 4. The molecule has 6 heteroatoms. The average molecular weight is 730 g/mol. The van der Waals surface area contributed by atoms with Gasteiger partial charge in [-0.05, 0) is 54.6 Å². The van der Waals surface area contributed by atoms with E-state index in [1.807, 2.05) is 60.7 Å². The fourth-order valence-corrected chi connectivity index (χ4v) is 8.69. The van der Waals surface area contributed by atoms with Crippen LogP contribution in [0.2, 0.25) is 0 Å². The zero-order valence-corrected chi connectivity index (χ0v) is 30.5. The summed E-state index contributed by atoms with van der Waals surface area (Å²) in [5.41, 5.74) is 11.1. The van der Waals surface area contributed by atoms with Crippen LogP contribution < -0.4 is 0 Å². The summed E-state index contributed by atoms with van der Waals surface area (Å²) in [6.07, 6.45) is 0. The van der Waals surface area contributed by atoms with Crippen molar-refractivity contribution in [2.45, 2.75) is 0 Å². The van der Waals surface area contributed by atoms with Crippen LogP contribution >= 0.6 is 0 Å². The second kappa shape index (κ2) is 12.3. The molecule has 8 aromatic carbocycles. The highest BCUT2D eigenvalue weighted by molar-refractivity contribution is 6.39. The van der Waals surface area contributed by atoms with Gasteiger partial charge in [-0.1, -0.05) is 133 Å². The maximum atomic E-state index is 6.92. The maximum Gasteiger partial charge on any atom is 0.164 e. The first kappa shape index (κ1) is 31.5. The maximum absolute atomic E-state index is 6.92. The Bertz CT molecular complexity index is 3430. The Morgan fingerprint density at radius 2 is 0.754 bits per heavy atom. The largest absolute Gasteiger partial charge is 0.455 e. The molecule has 0 unspecified atom stereocenters. The van der Waals surface area contributed by atoms with E-state index in [-0.39, 0.29) is 0 Å². The van der Waals surface area contributed by atoms with E-state index in [0.29, 0.717) is 17.5 Å². The van der Waals surface area contributed by atoms with Gasteiger partial charge in [0.05, 0.1) is 27.5 Å². The minimum atomic E-state index is 0.618. The van der Waals surface area contributed by atoms with Gasteiger partial charge < -0.3 is 13.6 Å². The van der Waals surface area contributed by atoms with E-state index in [1.54, 1.807) is 0 Å². The highest BCUT2D eigenvalue weighted by atomic mass is 16.3. The van der Waals surface area contributed by atoms with E-state index in [1.165, 1.54) is 10.8 Å². The first-order chi connectivity index (χ1) is 28.3. The van der Waals surface area contributed by atoms with Crippen molar-refractivity contribution in [2.24, 2.45) is 0 Å². The summed E-state index contributed by atoms with van der Waals surface area (Å²) in [5.74, 6) is 1.89. The fraction of sp³-hybridized carbons (Fsp3) is 0. The second-order valence-electron chi connectivity index (χ2n) is 14.4. The summed E-state index contributed by atoms with van der Waals surface area (Å²) < 4.78 is 11.8. The lowest BCUT2D eigenvalue weighted by atomic mass is 10.0. The second-order valence-corrected chi connectivity index (χ2v) is 14.4. The zero-order chi connectivity index (χ0) is 37.5. The van der Waals surface area contributed by atoms with Crippen LogP contribution in [-0.2, 0) is 0 Å². The monoisotopic (exact) mass is 729 g/mol. The smallest absolute Gasteiger partial charge is 0.164 e. The van der Waals surface area contributed by atoms with Crippen LogP contribution in [0.15, 0.2) is 192 Å². The molecule has 0 fully saturated rings. The Morgan fingerprint density at radius 3 is 1.33 bits per heavy atom. The molecule has 0 aliphatic rings. The van der Waals surface area contributed by atoms with Crippen molar-refractivity contribution in [2.75, 3.05) is 0 Å². The lowest BCUT2D eigenvalue weighted by Gasteiger charge is -2.13. The summed E-state index contributed by atoms with van der Waals surface area (Å²) in [4.78, 5) is 14.9. The zero-order valence-electron chi connectivity index (χ0n) is 30.5. The number of aromatic nitrogens is 5. The van der Waals surface area contributed by atoms with E-state index >= 15 is 0 Å². The summed E-state index contributed by atoms with van der Waals surface area (Å²) in [6.45, 7) is 0. The molecule has 0 aliphatic heterocycles. The number of hydrogen-bond donors (Lipinski definition) is 0. The molecule has 0 aliphatic carbocycles. The first-order valence-corrected chi connectivity index (χ1v) is 19.1. The normalized spacial score (nSPS) is 11.9. The molecule has 0 amide bonds. The molecular formula is C51H31N5O. The van der Waals surface area contributed by atoms with Gasteiger partial charge in [0.25, 0.3) is 0 Å².